The Morgan fingerprint density at radius 3 is 2.93 bits per heavy atom. The molecular formula is C19H22N6O2S. The number of aliphatic hydroxyl groups excluding tert-OH is 1. The van der Waals surface area contributed by atoms with Crippen molar-refractivity contribution in [2.75, 3.05) is 10.6 Å². The van der Waals surface area contributed by atoms with Crippen molar-refractivity contribution >= 4 is 38.4 Å². The molecule has 0 aliphatic heterocycles. The number of carbonyl (C=O) groups excluding carboxylic acids is 1. The second kappa shape index (κ2) is 8.07. The monoisotopic (exact) mass is 398 g/mol. The van der Waals surface area contributed by atoms with E-state index in [1.54, 1.807) is 17.5 Å². The Balaban J connectivity index is 1.44. The summed E-state index contributed by atoms with van der Waals surface area (Å²) in [5.74, 6) is -0.111. The zero-order valence-electron chi connectivity index (χ0n) is 15.3. The molecule has 0 spiro atoms. The van der Waals surface area contributed by atoms with Crippen molar-refractivity contribution in [1.29, 1.82) is 0 Å². The Hall–Kier alpha value is -2.78. The van der Waals surface area contributed by atoms with Gasteiger partial charge in [-0.05, 0) is 30.5 Å². The quantitative estimate of drug-likeness (QED) is 0.502. The summed E-state index contributed by atoms with van der Waals surface area (Å²) in [4.78, 5) is 23.9. The van der Waals surface area contributed by atoms with E-state index in [4.69, 9.17) is 5.73 Å². The first-order chi connectivity index (χ1) is 13.6. The van der Waals surface area contributed by atoms with E-state index in [1.165, 1.54) is 6.20 Å². The summed E-state index contributed by atoms with van der Waals surface area (Å²) in [6.07, 6.45) is 6.62. The first-order valence-electron chi connectivity index (χ1n) is 9.28. The van der Waals surface area contributed by atoms with E-state index in [0.29, 0.717) is 12.4 Å². The van der Waals surface area contributed by atoms with Gasteiger partial charge in [0.2, 0.25) is 0 Å². The highest BCUT2D eigenvalue weighted by molar-refractivity contribution is 7.22. The molecule has 1 aliphatic rings. The van der Waals surface area contributed by atoms with Crippen LogP contribution in [0.25, 0.3) is 10.2 Å². The molecule has 4 rings (SSSR count). The van der Waals surface area contributed by atoms with Crippen molar-refractivity contribution in [2.45, 2.75) is 44.4 Å². The molecule has 9 heteroatoms. The molecule has 28 heavy (non-hydrogen) atoms. The average Bonchev–Trinajstić information content (AvgIpc) is 3.10. The van der Waals surface area contributed by atoms with E-state index < -0.39 is 5.91 Å². The number of hydrogen-bond acceptors (Lipinski definition) is 8. The van der Waals surface area contributed by atoms with Crippen molar-refractivity contribution in [3.8, 4) is 0 Å². The van der Waals surface area contributed by atoms with Crippen molar-refractivity contribution in [3.05, 3.63) is 41.9 Å². The van der Waals surface area contributed by atoms with Gasteiger partial charge in [-0.25, -0.2) is 9.97 Å². The molecule has 3 aromatic rings. The lowest BCUT2D eigenvalue weighted by atomic mass is 9.93. The number of carbonyl (C=O) groups is 1. The lowest BCUT2D eigenvalue weighted by Crippen LogP contribution is -2.36. The molecular weight excluding hydrogens is 376 g/mol. The van der Waals surface area contributed by atoms with E-state index in [-0.39, 0.29) is 17.8 Å². The predicted molar refractivity (Wildman–Crippen MR) is 109 cm³/mol. The van der Waals surface area contributed by atoms with Crippen LogP contribution in [0.3, 0.4) is 0 Å². The van der Waals surface area contributed by atoms with Crippen LogP contribution in [0.2, 0.25) is 0 Å². The summed E-state index contributed by atoms with van der Waals surface area (Å²) in [7, 11) is 0. The molecule has 1 fully saturated rings. The number of anilines is 2. The Kier molecular flexibility index (Phi) is 5.36. The number of thiazole rings is 1. The van der Waals surface area contributed by atoms with Gasteiger partial charge >= 0.3 is 0 Å². The molecule has 0 radical (unpaired) electrons. The molecule has 1 saturated carbocycles. The molecule has 1 aliphatic carbocycles. The Bertz CT molecular complexity index is 991. The number of aromatic nitrogens is 3. The second-order valence-corrected chi connectivity index (χ2v) is 7.96. The summed E-state index contributed by atoms with van der Waals surface area (Å²) >= 11 is 1.58. The number of hydrogen-bond donors (Lipinski definition) is 4. The fourth-order valence-corrected chi connectivity index (χ4v) is 4.33. The van der Waals surface area contributed by atoms with Gasteiger partial charge in [0, 0.05) is 6.54 Å². The Morgan fingerprint density at radius 2 is 2.11 bits per heavy atom. The van der Waals surface area contributed by atoms with Crippen LogP contribution in [-0.2, 0) is 6.54 Å². The molecule has 2 aromatic heterocycles. The summed E-state index contributed by atoms with van der Waals surface area (Å²) < 4.78 is 1.07. The SMILES string of the molecule is NC(=O)c1cncc(NCc2ccc3nc(N[C@@H]4CCCC[C@H]4O)sc3c2)n1. The highest BCUT2D eigenvalue weighted by Gasteiger charge is 2.23. The lowest BCUT2D eigenvalue weighted by Gasteiger charge is -2.27. The van der Waals surface area contributed by atoms with Crippen LogP contribution in [0.15, 0.2) is 30.6 Å². The third kappa shape index (κ3) is 4.20. The van der Waals surface area contributed by atoms with Crippen LogP contribution in [0, 0.1) is 0 Å². The zero-order chi connectivity index (χ0) is 19.5. The highest BCUT2D eigenvalue weighted by atomic mass is 32.1. The molecule has 2 heterocycles. The molecule has 2 atom stereocenters. The first kappa shape index (κ1) is 18.6. The van der Waals surface area contributed by atoms with Gasteiger partial charge in [0.1, 0.15) is 11.5 Å². The number of benzene rings is 1. The molecule has 8 nitrogen and oxygen atoms in total. The zero-order valence-corrected chi connectivity index (χ0v) is 16.1. The van der Waals surface area contributed by atoms with Crippen molar-refractivity contribution in [3.63, 3.8) is 0 Å². The van der Waals surface area contributed by atoms with Gasteiger partial charge in [0.15, 0.2) is 5.13 Å². The molecule has 0 bridgehead atoms. The van der Waals surface area contributed by atoms with Gasteiger partial charge in [-0.2, -0.15) is 0 Å². The molecule has 5 N–H and O–H groups in total. The first-order valence-corrected chi connectivity index (χ1v) is 10.1. The van der Waals surface area contributed by atoms with E-state index in [1.807, 2.05) is 12.1 Å². The Labute approximate surface area is 166 Å². The minimum atomic E-state index is -0.606. The fourth-order valence-electron chi connectivity index (χ4n) is 3.34. The number of amides is 1. The minimum Gasteiger partial charge on any atom is -0.391 e. The van der Waals surface area contributed by atoms with Gasteiger partial charge in [0.05, 0.1) is 34.8 Å². The highest BCUT2D eigenvalue weighted by Crippen LogP contribution is 2.30. The second-order valence-electron chi connectivity index (χ2n) is 6.93. The van der Waals surface area contributed by atoms with Crippen LogP contribution < -0.4 is 16.4 Å². The number of fused-ring (bicyclic) bond motifs is 1. The van der Waals surface area contributed by atoms with E-state index in [2.05, 4.69) is 31.7 Å². The molecule has 0 saturated heterocycles. The third-order valence-corrected chi connectivity index (χ3v) is 5.80. The third-order valence-electron chi connectivity index (χ3n) is 4.85. The standard InChI is InChI=1S/C19H22N6O2S/c20-18(27)14-9-21-10-17(23-14)22-8-11-5-6-13-16(7-11)28-19(25-13)24-12-3-1-2-4-15(12)26/h5-7,9-10,12,15,26H,1-4,8H2,(H2,20,27)(H,22,23)(H,24,25)/t12-,15-/m1/s1. The summed E-state index contributed by atoms with van der Waals surface area (Å²) in [5.41, 5.74) is 7.35. The molecule has 1 aromatic carbocycles. The molecule has 1 amide bonds. The van der Waals surface area contributed by atoms with E-state index >= 15 is 0 Å². The maximum atomic E-state index is 11.2. The van der Waals surface area contributed by atoms with Gasteiger partial charge in [-0.1, -0.05) is 30.2 Å². The van der Waals surface area contributed by atoms with E-state index in [9.17, 15) is 9.90 Å². The topological polar surface area (TPSA) is 126 Å². The summed E-state index contributed by atoms with van der Waals surface area (Å²) in [6.45, 7) is 0.537. The number of nitrogens with two attached hydrogens (primary N) is 1. The fraction of sp³-hybridized carbons (Fsp3) is 0.368. The number of aliphatic hydroxyl groups is 1. The molecule has 146 valence electrons. The summed E-state index contributed by atoms with van der Waals surface area (Å²) in [5, 5.41) is 17.5. The lowest BCUT2D eigenvalue weighted by molar-refractivity contribution is 0.0995. The smallest absolute Gasteiger partial charge is 0.268 e. The normalized spacial score (nSPS) is 19.5. The number of rotatable bonds is 6. The van der Waals surface area contributed by atoms with Crippen molar-refractivity contribution in [1.82, 2.24) is 15.0 Å². The maximum Gasteiger partial charge on any atom is 0.268 e. The Morgan fingerprint density at radius 1 is 1.25 bits per heavy atom. The van der Waals surface area contributed by atoms with Crippen LogP contribution >= 0.6 is 11.3 Å². The number of nitrogens with one attached hydrogen (secondary N) is 2. The van der Waals surface area contributed by atoms with Crippen LogP contribution in [0.5, 0.6) is 0 Å². The van der Waals surface area contributed by atoms with Crippen LogP contribution in [0.1, 0.15) is 41.7 Å². The maximum absolute atomic E-state index is 11.2. The van der Waals surface area contributed by atoms with Crippen molar-refractivity contribution < 1.29 is 9.90 Å². The van der Waals surface area contributed by atoms with Crippen LogP contribution in [0.4, 0.5) is 10.9 Å². The molecule has 0 unspecified atom stereocenters. The van der Waals surface area contributed by atoms with Gasteiger partial charge in [0.25, 0.3) is 5.91 Å². The number of nitrogens with zero attached hydrogens (tertiary/aromatic N) is 3. The number of primary amides is 1. The predicted octanol–water partition coefficient (Wildman–Crippen LogP) is 2.51. The average molecular weight is 398 g/mol. The van der Waals surface area contributed by atoms with Crippen molar-refractivity contribution in [2.24, 2.45) is 5.73 Å². The van der Waals surface area contributed by atoms with Gasteiger partial charge in [-0.3, -0.25) is 9.78 Å². The van der Waals surface area contributed by atoms with Gasteiger partial charge in [-0.15, -0.1) is 0 Å². The largest absolute Gasteiger partial charge is 0.391 e. The van der Waals surface area contributed by atoms with Gasteiger partial charge < -0.3 is 21.5 Å². The van der Waals surface area contributed by atoms with E-state index in [0.717, 1.165) is 46.6 Å². The van der Waals surface area contributed by atoms with Crippen LogP contribution in [-0.4, -0.2) is 38.1 Å². The summed E-state index contributed by atoms with van der Waals surface area (Å²) in [6, 6.07) is 6.14. The minimum absolute atomic E-state index is 0.0755.